The molecule has 5 heteroatoms. The largest absolute Gasteiger partial charge is 0.369 e. The van der Waals surface area contributed by atoms with Crippen molar-refractivity contribution in [3.63, 3.8) is 0 Å². The lowest BCUT2D eigenvalue weighted by atomic mass is 10.2. The van der Waals surface area contributed by atoms with Crippen LogP contribution in [0.25, 0.3) is 11.0 Å². The van der Waals surface area contributed by atoms with Gasteiger partial charge in [0.25, 0.3) is 0 Å². The summed E-state index contributed by atoms with van der Waals surface area (Å²) in [7, 11) is 0. The molecule has 0 aliphatic carbocycles. The highest BCUT2D eigenvalue weighted by Crippen LogP contribution is 2.27. The van der Waals surface area contributed by atoms with Crippen LogP contribution in [-0.2, 0) is 0 Å². The number of benzene rings is 1. The third-order valence-corrected chi connectivity index (χ3v) is 3.59. The van der Waals surface area contributed by atoms with Crippen LogP contribution in [0, 0.1) is 5.82 Å². The highest BCUT2D eigenvalue weighted by atomic mass is 32.2. The minimum atomic E-state index is -0.252. The number of nitrogens with two attached hydrogens (primary N) is 1. The molecule has 0 saturated carbocycles. The molecular formula is C12H16FN3S. The monoisotopic (exact) mass is 253 g/mol. The van der Waals surface area contributed by atoms with E-state index in [0.29, 0.717) is 5.95 Å². The summed E-state index contributed by atoms with van der Waals surface area (Å²) in [5, 5.41) is 0. The van der Waals surface area contributed by atoms with E-state index in [1.165, 1.54) is 12.1 Å². The SMILES string of the molecule is CCC(CSC)n1c(N)nc2ccc(F)cc21. The summed E-state index contributed by atoms with van der Waals surface area (Å²) in [5.41, 5.74) is 7.46. The van der Waals surface area contributed by atoms with E-state index in [2.05, 4.69) is 18.2 Å². The normalized spacial score (nSPS) is 13.1. The van der Waals surface area contributed by atoms with Crippen molar-refractivity contribution in [3.8, 4) is 0 Å². The second-order valence-corrected chi connectivity index (χ2v) is 4.90. The summed E-state index contributed by atoms with van der Waals surface area (Å²) >= 11 is 1.76. The molecular weight excluding hydrogens is 237 g/mol. The number of nitrogens with zero attached hydrogens (tertiary/aromatic N) is 2. The summed E-state index contributed by atoms with van der Waals surface area (Å²) < 4.78 is 15.2. The van der Waals surface area contributed by atoms with E-state index in [0.717, 1.165) is 23.2 Å². The minimum absolute atomic E-state index is 0.252. The van der Waals surface area contributed by atoms with E-state index in [4.69, 9.17) is 5.73 Å². The molecule has 1 heterocycles. The quantitative estimate of drug-likeness (QED) is 0.910. The van der Waals surface area contributed by atoms with Gasteiger partial charge in [0.2, 0.25) is 5.95 Å². The van der Waals surface area contributed by atoms with Crippen molar-refractivity contribution in [2.24, 2.45) is 0 Å². The molecule has 0 aliphatic heterocycles. The Kier molecular flexibility index (Phi) is 3.57. The molecule has 0 fully saturated rings. The average molecular weight is 253 g/mol. The molecule has 1 aromatic heterocycles. The van der Waals surface area contributed by atoms with Gasteiger partial charge >= 0.3 is 0 Å². The van der Waals surface area contributed by atoms with E-state index in [1.807, 2.05) is 4.57 Å². The standard InChI is InChI=1S/C12H16FN3S/c1-3-9(7-17-2)16-11-6-8(13)4-5-10(11)15-12(16)14/h4-6,9H,3,7H2,1-2H3,(H2,14,15). The highest BCUT2D eigenvalue weighted by Gasteiger charge is 2.16. The molecule has 1 aromatic carbocycles. The number of hydrogen-bond donors (Lipinski definition) is 1. The number of rotatable bonds is 4. The number of thioether (sulfide) groups is 1. The maximum Gasteiger partial charge on any atom is 0.201 e. The van der Waals surface area contributed by atoms with Gasteiger partial charge in [-0.25, -0.2) is 9.37 Å². The molecule has 2 N–H and O–H groups in total. The van der Waals surface area contributed by atoms with E-state index in [-0.39, 0.29) is 11.9 Å². The molecule has 0 spiro atoms. The van der Waals surface area contributed by atoms with Crippen molar-refractivity contribution in [2.75, 3.05) is 17.7 Å². The van der Waals surface area contributed by atoms with Gasteiger partial charge in [-0.2, -0.15) is 11.8 Å². The van der Waals surface area contributed by atoms with Crippen molar-refractivity contribution >= 4 is 28.7 Å². The van der Waals surface area contributed by atoms with Gasteiger partial charge < -0.3 is 10.3 Å². The number of nitrogen functional groups attached to an aromatic ring is 1. The zero-order valence-corrected chi connectivity index (χ0v) is 10.8. The molecule has 1 unspecified atom stereocenters. The second kappa shape index (κ2) is 4.96. The number of imidazole rings is 1. The van der Waals surface area contributed by atoms with Crippen LogP contribution in [0.2, 0.25) is 0 Å². The first kappa shape index (κ1) is 12.2. The molecule has 3 nitrogen and oxygen atoms in total. The molecule has 2 rings (SSSR count). The van der Waals surface area contributed by atoms with Gasteiger partial charge in [-0.1, -0.05) is 6.92 Å². The smallest absolute Gasteiger partial charge is 0.201 e. The lowest BCUT2D eigenvalue weighted by Crippen LogP contribution is -2.13. The van der Waals surface area contributed by atoms with E-state index in [1.54, 1.807) is 17.8 Å². The fourth-order valence-corrected chi connectivity index (χ4v) is 2.81. The van der Waals surface area contributed by atoms with Crippen LogP contribution >= 0.6 is 11.8 Å². The molecule has 0 bridgehead atoms. The summed E-state index contributed by atoms with van der Waals surface area (Å²) in [6.45, 7) is 2.10. The zero-order chi connectivity index (χ0) is 12.4. The maximum atomic E-state index is 13.3. The third kappa shape index (κ3) is 2.24. The molecule has 17 heavy (non-hydrogen) atoms. The first-order chi connectivity index (χ1) is 8.17. The van der Waals surface area contributed by atoms with E-state index in [9.17, 15) is 4.39 Å². The molecule has 0 saturated heterocycles. The van der Waals surface area contributed by atoms with E-state index < -0.39 is 0 Å². The molecule has 0 aliphatic rings. The van der Waals surface area contributed by atoms with Gasteiger partial charge in [0.1, 0.15) is 5.82 Å². The summed E-state index contributed by atoms with van der Waals surface area (Å²) in [6, 6.07) is 4.84. The Balaban J connectivity index is 2.57. The van der Waals surface area contributed by atoms with Gasteiger partial charge in [-0.3, -0.25) is 0 Å². The predicted molar refractivity (Wildman–Crippen MR) is 71.8 cm³/mol. The topological polar surface area (TPSA) is 43.8 Å². The first-order valence-corrected chi connectivity index (χ1v) is 6.98. The summed E-state index contributed by atoms with van der Waals surface area (Å²) in [6.07, 6.45) is 3.01. The van der Waals surface area contributed by atoms with Crippen LogP contribution in [0.3, 0.4) is 0 Å². The van der Waals surface area contributed by atoms with Gasteiger partial charge in [0.05, 0.1) is 11.0 Å². The van der Waals surface area contributed by atoms with Crippen LogP contribution in [0.15, 0.2) is 18.2 Å². The fourth-order valence-electron chi connectivity index (χ4n) is 2.04. The summed E-state index contributed by atoms with van der Waals surface area (Å²) in [5.74, 6) is 1.16. The molecule has 2 aromatic rings. The summed E-state index contributed by atoms with van der Waals surface area (Å²) in [4.78, 5) is 4.27. The van der Waals surface area contributed by atoms with Gasteiger partial charge in [-0.15, -0.1) is 0 Å². The lowest BCUT2D eigenvalue weighted by Gasteiger charge is -2.17. The Morgan fingerprint density at radius 3 is 2.94 bits per heavy atom. The number of halogens is 1. The third-order valence-electron chi connectivity index (χ3n) is 2.87. The molecule has 1 atom stereocenters. The molecule has 0 radical (unpaired) electrons. The van der Waals surface area contributed by atoms with Crippen LogP contribution in [0.4, 0.5) is 10.3 Å². The Labute approximate surface area is 104 Å². The van der Waals surface area contributed by atoms with Crippen molar-refractivity contribution in [1.82, 2.24) is 9.55 Å². The Morgan fingerprint density at radius 1 is 1.53 bits per heavy atom. The van der Waals surface area contributed by atoms with Crippen LogP contribution in [-0.4, -0.2) is 21.6 Å². The number of fused-ring (bicyclic) bond motifs is 1. The van der Waals surface area contributed by atoms with Gasteiger partial charge in [0.15, 0.2) is 0 Å². The lowest BCUT2D eigenvalue weighted by molar-refractivity contribution is 0.559. The highest BCUT2D eigenvalue weighted by molar-refractivity contribution is 7.98. The van der Waals surface area contributed by atoms with Gasteiger partial charge in [0, 0.05) is 11.8 Å². The van der Waals surface area contributed by atoms with Crippen molar-refractivity contribution in [2.45, 2.75) is 19.4 Å². The number of anilines is 1. The number of aromatic nitrogens is 2. The minimum Gasteiger partial charge on any atom is -0.369 e. The Hall–Kier alpha value is -1.23. The van der Waals surface area contributed by atoms with Crippen LogP contribution in [0.5, 0.6) is 0 Å². The van der Waals surface area contributed by atoms with Crippen molar-refractivity contribution in [3.05, 3.63) is 24.0 Å². The average Bonchev–Trinajstić information content (AvgIpc) is 2.62. The fraction of sp³-hybridized carbons (Fsp3) is 0.417. The Bertz CT molecular complexity index is 524. The van der Waals surface area contributed by atoms with Crippen LogP contribution in [0.1, 0.15) is 19.4 Å². The number of hydrogen-bond acceptors (Lipinski definition) is 3. The van der Waals surface area contributed by atoms with Crippen molar-refractivity contribution < 1.29 is 4.39 Å². The van der Waals surface area contributed by atoms with Gasteiger partial charge in [-0.05, 0) is 30.9 Å². The predicted octanol–water partition coefficient (Wildman–Crippen LogP) is 3.07. The zero-order valence-electron chi connectivity index (χ0n) is 9.98. The first-order valence-electron chi connectivity index (χ1n) is 5.59. The molecule has 0 amide bonds. The second-order valence-electron chi connectivity index (χ2n) is 3.99. The maximum absolute atomic E-state index is 13.3. The Morgan fingerprint density at radius 2 is 2.29 bits per heavy atom. The molecule has 92 valence electrons. The van der Waals surface area contributed by atoms with Crippen molar-refractivity contribution in [1.29, 1.82) is 0 Å². The van der Waals surface area contributed by atoms with Crippen LogP contribution < -0.4 is 5.73 Å². The van der Waals surface area contributed by atoms with E-state index >= 15 is 0 Å².